The first kappa shape index (κ1) is 32.8. The maximum Gasteiger partial charge on any atom is 0.186 e. The van der Waals surface area contributed by atoms with E-state index in [2.05, 4.69) is 33.8 Å². The second-order valence-corrected chi connectivity index (χ2v) is 15.3. The molecule has 0 aromatic rings. The van der Waals surface area contributed by atoms with Crippen LogP contribution in [0.15, 0.2) is 11.6 Å². The summed E-state index contributed by atoms with van der Waals surface area (Å²) < 4.78 is 12.3. The van der Waals surface area contributed by atoms with Gasteiger partial charge in [0.25, 0.3) is 0 Å². The highest BCUT2D eigenvalue weighted by molar-refractivity contribution is 5.26. The molecule has 9 heteroatoms. The molecule has 0 radical (unpaired) electrons. The molecule has 0 spiro atoms. The highest BCUT2D eigenvalue weighted by Crippen LogP contribution is 2.68. The molecule has 4 aliphatic carbocycles. The Balaban J connectivity index is 1.48. The van der Waals surface area contributed by atoms with E-state index in [9.17, 15) is 35.7 Å². The van der Waals surface area contributed by atoms with Crippen LogP contribution in [0.3, 0.4) is 0 Å². The smallest absolute Gasteiger partial charge is 0.186 e. The SMILES string of the molecule is CC(C)CC[C@H](O)[C@@H](C)[C@H]1[C@@H](O[C@@H]2O[C@H](CO)[C@@H](O)[C@H](O)[C@H]2O)C[C@H]2[C@@H]3CC=C4C[C@@H](O)CC[C@]4(C)[C@H]3C[C@@H](O)[C@]12C. The molecule has 1 heterocycles. The van der Waals surface area contributed by atoms with Crippen molar-refractivity contribution < 1.29 is 45.2 Å². The van der Waals surface area contributed by atoms with E-state index in [0.29, 0.717) is 37.5 Å². The summed E-state index contributed by atoms with van der Waals surface area (Å²) in [5, 5.41) is 75.3. The van der Waals surface area contributed by atoms with E-state index < -0.39 is 61.0 Å². The largest absolute Gasteiger partial charge is 0.394 e. The average molecular weight is 597 g/mol. The van der Waals surface area contributed by atoms with Crippen molar-refractivity contribution in [3.63, 3.8) is 0 Å². The van der Waals surface area contributed by atoms with Crippen molar-refractivity contribution in [3.8, 4) is 0 Å². The molecule has 0 bridgehead atoms. The molecular formula is C33H56O9. The van der Waals surface area contributed by atoms with E-state index in [1.165, 1.54) is 5.57 Å². The summed E-state index contributed by atoms with van der Waals surface area (Å²) >= 11 is 0. The molecule has 1 aliphatic heterocycles. The molecule has 5 aliphatic rings. The van der Waals surface area contributed by atoms with E-state index in [0.717, 1.165) is 25.7 Å². The molecule has 0 aromatic heterocycles. The summed E-state index contributed by atoms with van der Waals surface area (Å²) in [6, 6.07) is 0. The maximum absolute atomic E-state index is 12.1. The predicted molar refractivity (Wildman–Crippen MR) is 156 cm³/mol. The lowest BCUT2D eigenvalue weighted by atomic mass is 9.46. The van der Waals surface area contributed by atoms with Crippen LogP contribution in [-0.2, 0) is 9.47 Å². The Hall–Kier alpha value is -0.620. The summed E-state index contributed by atoms with van der Waals surface area (Å²) in [6.07, 6.45) is -0.521. The number of ether oxygens (including phenoxy) is 2. The Labute approximate surface area is 250 Å². The fourth-order valence-electron chi connectivity index (χ4n) is 10.1. The van der Waals surface area contributed by atoms with Gasteiger partial charge in [-0.2, -0.15) is 0 Å². The molecule has 0 unspecified atom stereocenters. The Bertz CT molecular complexity index is 971. The number of fused-ring (bicyclic) bond motifs is 5. The van der Waals surface area contributed by atoms with Gasteiger partial charge in [0.05, 0.1) is 31.0 Å². The van der Waals surface area contributed by atoms with Crippen LogP contribution in [0.2, 0.25) is 0 Å². The van der Waals surface area contributed by atoms with Crippen LogP contribution in [0.5, 0.6) is 0 Å². The summed E-state index contributed by atoms with van der Waals surface area (Å²) in [5.41, 5.74) is 0.687. The van der Waals surface area contributed by atoms with E-state index in [-0.39, 0.29) is 35.2 Å². The standard InChI is InChI=1S/C33H56O9/c1-16(2)6-9-23(36)17(3)27-24(41-31-30(40)29(39)28(38)25(15-34)42-31)13-22-20-8-7-18-12-19(35)10-11-32(18,4)21(20)14-26(37)33(22,27)5/h7,16-17,19-31,34-40H,6,8-15H2,1-5H3/t17-,19+,20-,21+,22+,23+,24+,25-,26-,27+,28-,29+,30-,31-,32+,33-/m1/s1. The molecule has 0 aromatic carbocycles. The monoisotopic (exact) mass is 596 g/mol. The topological polar surface area (TPSA) is 160 Å². The van der Waals surface area contributed by atoms with Crippen LogP contribution < -0.4 is 0 Å². The van der Waals surface area contributed by atoms with E-state index in [1.54, 1.807) is 0 Å². The lowest BCUT2D eigenvalue weighted by molar-refractivity contribution is -0.316. The van der Waals surface area contributed by atoms with Crippen LogP contribution in [0.4, 0.5) is 0 Å². The van der Waals surface area contributed by atoms with Crippen molar-refractivity contribution in [2.75, 3.05) is 6.61 Å². The lowest BCUT2D eigenvalue weighted by Gasteiger charge is -2.60. The zero-order chi connectivity index (χ0) is 30.7. The number of rotatable bonds is 8. The highest BCUT2D eigenvalue weighted by Gasteiger charge is 2.66. The molecule has 242 valence electrons. The van der Waals surface area contributed by atoms with E-state index in [1.807, 2.05) is 6.92 Å². The zero-order valence-electron chi connectivity index (χ0n) is 26.0. The van der Waals surface area contributed by atoms with Gasteiger partial charge in [-0.1, -0.05) is 46.3 Å². The number of hydrogen-bond acceptors (Lipinski definition) is 9. The number of aliphatic hydroxyl groups excluding tert-OH is 7. The Morgan fingerprint density at radius 2 is 1.69 bits per heavy atom. The third-order valence-corrected chi connectivity index (χ3v) is 12.6. The molecule has 42 heavy (non-hydrogen) atoms. The van der Waals surface area contributed by atoms with Crippen molar-refractivity contribution in [3.05, 3.63) is 11.6 Å². The zero-order valence-corrected chi connectivity index (χ0v) is 26.0. The second-order valence-electron chi connectivity index (χ2n) is 15.3. The summed E-state index contributed by atoms with van der Waals surface area (Å²) in [7, 11) is 0. The van der Waals surface area contributed by atoms with Crippen LogP contribution in [0.25, 0.3) is 0 Å². The summed E-state index contributed by atoms with van der Waals surface area (Å²) in [6.45, 7) is 10.2. The normalized spacial score (nSPS) is 50.5. The first-order valence-electron chi connectivity index (χ1n) is 16.4. The quantitative estimate of drug-likeness (QED) is 0.208. The predicted octanol–water partition coefficient (Wildman–Crippen LogP) is 2.13. The van der Waals surface area contributed by atoms with Gasteiger partial charge in [0.2, 0.25) is 0 Å². The van der Waals surface area contributed by atoms with Crippen molar-refractivity contribution in [1.29, 1.82) is 0 Å². The summed E-state index contributed by atoms with van der Waals surface area (Å²) in [4.78, 5) is 0. The molecular weight excluding hydrogens is 540 g/mol. The minimum Gasteiger partial charge on any atom is -0.394 e. The van der Waals surface area contributed by atoms with Gasteiger partial charge in [-0.15, -0.1) is 0 Å². The number of allylic oxidation sites excluding steroid dienone is 1. The highest BCUT2D eigenvalue weighted by atomic mass is 16.7. The van der Waals surface area contributed by atoms with Gasteiger partial charge in [0.1, 0.15) is 24.4 Å². The molecule has 9 nitrogen and oxygen atoms in total. The van der Waals surface area contributed by atoms with Gasteiger partial charge in [-0.25, -0.2) is 0 Å². The fourth-order valence-corrected chi connectivity index (χ4v) is 10.1. The third kappa shape index (κ3) is 5.43. The van der Waals surface area contributed by atoms with Gasteiger partial charge >= 0.3 is 0 Å². The van der Waals surface area contributed by atoms with Crippen LogP contribution in [0, 0.1) is 46.3 Å². The maximum atomic E-state index is 12.1. The number of hydrogen-bond donors (Lipinski definition) is 7. The van der Waals surface area contributed by atoms with Gasteiger partial charge in [-0.3, -0.25) is 0 Å². The fraction of sp³-hybridized carbons (Fsp3) is 0.939. The van der Waals surface area contributed by atoms with Gasteiger partial charge in [-0.05, 0) is 92.3 Å². The van der Waals surface area contributed by atoms with Gasteiger partial charge in [0.15, 0.2) is 6.29 Å². The van der Waals surface area contributed by atoms with Crippen LogP contribution in [-0.4, -0.2) is 97.5 Å². The second kappa shape index (κ2) is 12.3. The molecule has 7 N–H and O–H groups in total. The van der Waals surface area contributed by atoms with Crippen LogP contribution in [0.1, 0.15) is 86.0 Å². The lowest BCUT2D eigenvalue weighted by Crippen LogP contribution is -2.60. The minimum absolute atomic E-state index is 0.0709. The van der Waals surface area contributed by atoms with E-state index in [4.69, 9.17) is 9.47 Å². The first-order valence-corrected chi connectivity index (χ1v) is 16.4. The minimum atomic E-state index is -1.54. The third-order valence-electron chi connectivity index (χ3n) is 12.6. The molecule has 16 atom stereocenters. The van der Waals surface area contributed by atoms with Crippen molar-refractivity contribution in [2.24, 2.45) is 46.3 Å². The average Bonchev–Trinajstić information content (AvgIpc) is 3.25. The molecule has 3 saturated carbocycles. The van der Waals surface area contributed by atoms with Gasteiger partial charge in [0, 0.05) is 5.41 Å². The Morgan fingerprint density at radius 3 is 2.36 bits per heavy atom. The van der Waals surface area contributed by atoms with Crippen molar-refractivity contribution >= 4 is 0 Å². The summed E-state index contributed by atoms with van der Waals surface area (Å²) in [5.74, 6) is 0.639. The Morgan fingerprint density at radius 1 is 0.976 bits per heavy atom. The number of aliphatic hydroxyl groups is 7. The van der Waals surface area contributed by atoms with Crippen molar-refractivity contribution in [1.82, 2.24) is 0 Å². The van der Waals surface area contributed by atoms with Gasteiger partial charge < -0.3 is 45.2 Å². The van der Waals surface area contributed by atoms with Crippen molar-refractivity contribution in [2.45, 2.75) is 141 Å². The Kier molecular flexibility index (Phi) is 9.59. The van der Waals surface area contributed by atoms with Crippen LogP contribution >= 0.6 is 0 Å². The van der Waals surface area contributed by atoms with E-state index >= 15 is 0 Å². The molecule has 1 saturated heterocycles. The molecule has 4 fully saturated rings. The molecule has 0 amide bonds. The molecule has 5 rings (SSSR count). The first-order chi connectivity index (χ1) is 19.7.